The predicted octanol–water partition coefficient (Wildman–Crippen LogP) is 7.44. The third-order valence-corrected chi connectivity index (χ3v) is 5.79. The van der Waals surface area contributed by atoms with E-state index >= 15 is 0 Å². The van der Waals surface area contributed by atoms with Crippen LogP contribution in [0.2, 0.25) is 10.0 Å². The molecule has 4 aromatic rings. The van der Waals surface area contributed by atoms with Gasteiger partial charge in [-0.15, -0.1) is 11.3 Å². The van der Waals surface area contributed by atoms with Crippen molar-refractivity contribution >= 4 is 56.2 Å². The second kappa shape index (κ2) is 7.35. The maximum atomic E-state index is 12.9. The lowest BCUT2D eigenvalue weighted by Gasteiger charge is -2.11. The maximum Gasteiger partial charge on any atom is 0.255 e. The van der Waals surface area contributed by atoms with Crippen LogP contribution < -0.4 is 5.32 Å². The van der Waals surface area contributed by atoms with E-state index in [9.17, 15) is 4.79 Å². The molecule has 0 aliphatic heterocycles. The van der Waals surface area contributed by atoms with E-state index in [0.717, 1.165) is 21.2 Å². The zero-order valence-corrected chi connectivity index (χ0v) is 16.8. The molecule has 0 aliphatic rings. The molecule has 3 aromatic carbocycles. The normalized spacial score (nSPS) is 10.9. The van der Waals surface area contributed by atoms with Gasteiger partial charge in [0.15, 0.2) is 0 Å². The molecule has 0 saturated carbocycles. The first kappa shape index (κ1) is 18.1. The summed E-state index contributed by atoms with van der Waals surface area (Å²) >= 11 is 13.7. The van der Waals surface area contributed by atoms with Crippen LogP contribution in [0, 0.1) is 6.92 Å². The van der Waals surface area contributed by atoms with E-state index < -0.39 is 0 Å². The minimum Gasteiger partial charge on any atom is -0.321 e. The zero-order chi connectivity index (χ0) is 19.0. The Bertz CT molecular complexity index is 1150. The largest absolute Gasteiger partial charge is 0.321 e. The van der Waals surface area contributed by atoms with Crippen molar-refractivity contribution in [3.05, 3.63) is 87.2 Å². The third kappa shape index (κ3) is 3.72. The van der Waals surface area contributed by atoms with Gasteiger partial charge in [-0.3, -0.25) is 4.79 Å². The number of amides is 1. The Morgan fingerprint density at radius 2 is 1.74 bits per heavy atom. The summed E-state index contributed by atoms with van der Waals surface area (Å²) in [7, 11) is 0. The van der Waals surface area contributed by atoms with Gasteiger partial charge in [0, 0.05) is 20.7 Å². The van der Waals surface area contributed by atoms with E-state index in [-0.39, 0.29) is 5.91 Å². The number of anilines is 1. The number of fused-ring (bicyclic) bond motifs is 1. The number of rotatable bonds is 3. The van der Waals surface area contributed by atoms with Crippen LogP contribution in [0.5, 0.6) is 0 Å². The molecule has 5 heteroatoms. The van der Waals surface area contributed by atoms with Gasteiger partial charge in [-0.05, 0) is 59.8 Å². The number of carbonyl (C=O) groups is 1. The second-order valence-electron chi connectivity index (χ2n) is 6.30. The van der Waals surface area contributed by atoms with E-state index in [2.05, 4.69) is 42.6 Å². The smallest absolute Gasteiger partial charge is 0.255 e. The molecule has 0 saturated heterocycles. The number of benzene rings is 3. The lowest BCUT2D eigenvalue weighted by Crippen LogP contribution is -2.12. The van der Waals surface area contributed by atoms with Gasteiger partial charge in [-0.1, -0.05) is 53.0 Å². The van der Waals surface area contributed by atoms with Crippen molar-refractivity contribution < 1.29 is 4.79 Å². The molecule has 1 heterocycles. The van der Waals surface area contributed by atoms with Crippen LogP contribution >= 0.6 is 34.5 Å². The van der Waals surface area contributed by atoms with Gasteiger partial charge in [0.2, 0.25) is 0 Å². The van der Waals surface area contributed by atoms with Crippen LogP contribution in [0.25, 0.3) is 21.2 Å². The molecule has 0 spiro atoms. The Balaban J connectivity index is 1.75. The van der Waals surface area contributed by atoms with E-state index in [4.69, 9.17) is 23.2 Å². The molecule has 4 rings (SSSR count). The van der Waals surface area contributed by atoms with Gasteiger partial charge < -0.3 is 5.32 Å². The van der Waals surface area contributed by atoms with E-state index in [1.165, 1.54) is 5.56 Å². The topological polar surface area (TPSA) is 29.1 Å². The number of hydrogen-bond acceptors (Lipinski definition) is 2. The molecule has 1 aromatic heterocycles. The first-order chi connectivity index (χ1) is 13.0. The molecule has 1 N–H and O–H groups in total. The standard InChI is InChI=1S/C22H15Cl2NOS/c1-13-2-4-14(5-3-13)18-10-15(11-21-17(18)8-9-27-21)22(26)25-20-7-6-16(23)12-19(20)24/h2-12H,1H3,(H,25,26). The number of halogens is 2. The molecule has 27 heavy (non-hydrogen) atoms. The van der Waals surface area contributed by atoms with E-state index in [1.54, 1.807) is 29.5 Å². The fraction of sp³-hybridized carbons (Fsp3) is 0.0455. The molecule has 1 amide bonds. The molecule has 0 radical (unpaired) electrons. The van der Waals surface area contributed by atoms with Crippen molar-refractivity contribution in [1.82, 2.24) is 0 Å². The number of thiophene rings is 1. The summed E-state index contributed by atoms with van der Waals surface area (Å²) in [5.41, 5.74) is 4.46. The van der Waals surface area contributed by atoms with Crippen molar-refractivity contribution in [1.29, 1.82) is 0 Å². The number of hydrogen-bond donors (Lipinski definition) is 1. The first-order valence-corrected chi connectivity index (χ1v) is 9.99. The van der Waals surface area contributed by atoms with Crippen LogP contribution in [-0.4, -0.2) is 5.91 Å². The Morgan fingerprint density at radius 1 is 0.963 bits per heavy atom. The summed E-state index contributed by atoms with van der Waals surface area (Å²) in [5, 5.41) is 7.00. The van der Waals surface area contributed by atoms with Crippen LogP contribution in [0.15, 0.2) is 66.0 Å². The quantitative estimate of drug-likeness (QED) is 0.372. The highest BCUT2D eigenvalue weighted by Gasteiger charge is 2.14. The fourth-order valence-corrected chi connectivity index (χ4v) is 4.27. The molecule has 0 atom stereocenters. The van der Waals surface area contributed by atoms with Gasteiger partial charge in [0.1, 0.15) is 0 Å². The molecule has 0 aliphatic carbocycles. The van der Waals surface area contributed by atoms with Crippen molar-refractivity contribution in [2.75, 3.05) is 5.32 Å². The van der Waals surface area contributed by atoms with Crippen LogP contribution in [0.1, 0.15) is 15.9 Å². The van der Waals surface area contributed by atoms with Crippen molar-refractivity contribution in [2.45, 2.75) is 6.92 Å². The van der Waals surface area contributed by atoms with E-state index in [1.807, 2.05) is 17.5 Å². The second-order valence-corrected chi connectivity index (χ2v) is 8.09. The maximum absolute atomic E-state index is 12.9. The van der Waals surface area contributed by atoms with Crippen molar-refractivity contribution in [2.24, 2.45) is 0 Å². The number of carbonyl (C=O) groups excluding carboxylic acids is 1. The minimum absolute atomic E-state index is 0.206. The van der Waals surface area contributed by atoms with Gasteiger partial charge in [-0.2, -0.15) is 0 Å². The molecule has 0 bridgehead atoms. The highest BCUT2D eigenvalue weighted by molar-refractivity contribution is 7.17. The highest BCUT2D eigenvalue weighted by atomic mass is 35.5. The summed E-state index contributed by atoms with van der Waals surface area (Å²) in [5.74, 6) is -0.206. The molecular formula is C22H15Cl2NOS. The summed E-state index contributed by atoms with van der Waals surface area (Å²) < 4.78 is 1.07. The van der Waals surface area contributed by atoms with Crippen LogP contribution in [0.3, 0.4) is 0 Å². The molecule has 0 fully saturated rings. The lowest BCUT2D eigenvalue weighted by molar-refractivity contribution is 0.102. The van der Waals surface area contributed by atoms with E-state index in [0.29, 0.717) is 21.3 Å². The molecule has 0 unspecified atom stereocenters. The summed E-state index contributed by atoms with van der Waals surface area (Å²) in [6.07, 6.45) is 0. The van der Waals surface area contributed by atoms with Crippen LogP contribution in [-0.2, 0) is 0 Å². The minimum atomic E-state index is -0.206. The van der Waals surface area contributed by atoms with Crippen molar-refractivity contribution in [3.8, 4) is 11.1 Å². The van der Waals surface area contributed by atoms with Crippen molar-refractivity contribution in [3.63, 3.8) is 0 Å². The number of nitrogens with one attached hydrogen (secondary N) is 1. The zero-order valence-electron chi connectivity index (χ0n) is 14.4. The Morgan fingerprint density at radius 3 is 2.48 bits per heavy atom. The van der Waals surface area contributed by atoms with Crippen LogP contribution in [0.4, 0.5) is 5.69 Å². The average Bonchev–Trinajstić information content (AvgIpc) is 3.12. The Hall–Kier alpha value is -2.33. The first-order valence-electron chi connectivity index (χ1n) is 8.36. The molecular weight excluding hydrogens is 397 g/mol. The van der Waals surface area contributed by atoms with Gasteiger partial charge in [0.05, 0.1) is 10.7 Å². The lowest BCUT2D eigenvalue weighted by atomic mass is 9.98. The monoisotopic (exact) mass is 411 g/mol. The van der Waals surface area contributed by atoms with Gasteiger partial charge in [0.25, 0.3) is 5.91 Å². The summed E-state index contributed by atoms with van der Waals surface area (Å²) in [6.45, 7) is 2.06. The summed E-state index contributed by atoms with van der Waals surface area (Å²) in [6, 6.07) is 19.3. The van der Waals surface area contributed by atoms with Gasteiger partial charge in [-0.25, -0.2) is 0 Å². The highest BCUT2D eigenvalue weighted by Crippen LogP contribution is 2.34. The Kier molecular flexibility index (Phi) is 4.92. The molecule has 134 valence electrons. The number of aryl methyl sites for hydroxylation is 1. The summed E-state index contributed by atoms with van der Waals surface area (Å²) in [4.78, 5) is 12.9. The Labute approximate surface area is 171 Å². The third-order valence-electron chi connectivity index (χ3n) is 4.38. The molecule has 2 nitrogen and oxygen atoms in total. The SMILES string of the molecule is Cc1ccc(-c2cc(C(=O)Nc3ccc(Cl)cc3Cl)cc3sccc23)cc1. The average molecular weight is 412 g/mol. The fourth-order valence-electron chi connectivity index (χ4n) is 2.96. The predicted molar refractivity (Wildman–Crippen MR) is 116 cm³/mol. The van der Waals surface area contributed by atoms with Gasteiger partial charge >= 0.3 is 0 Å².